The molecule has 2 fully saturated rings. The first-order chi connectivity index (χ1) is 10.8. The maximum absolute atomic E-state index is 12.4. The van der Waals surface area contributed by atoms with Gasteiger partial charge in [-0.15, -0.1) is 0 Å². The normalized spacial score (nSPS) is 21.6. The molecule has 130 valence electrons. The van der Waals surface area contributed by atoms with Gasteiger partial charge in [0.2, 0.25) is 5.91 Å². The minimum absolute atomic E-state index is 0.0224. The summed E-state index contributed by atoms with van der Waals surface area (Å²) in [4.78, 5) is 24.0. The molecule has 7 heteroatoms. The molecule has 0 aromatic carbocycles. The van der Waals surface area contributed by atoms with Crippen LogP contribution in [0.25, 0.3) is 0 Å². The Kier molecular flexibility index (Phi) is 5.70. The average Bonchev–Trinajstić information content (AvgIpc) is 3.00. The van der Waals surface area contributed by atoms with Crippen molar-refractivity contribution in [3.8, 4) is 0 Å². The van der Waals surface area contributed by atoms with Gasteiger partial charge in [-0.05, 0) is 38.5 Å². The summed E-state index contributed by atoms with van der Waals surface area (Å²) in [5.74, 6) is -1.50. The Labute approximate surface area is 134 Å². The molecule has 1 heterocycles. The standard InChI is InChI=1S/C16H23F3N2O2/c1-11(12-4-2-3-5-12)10-14(22)20-13-6-8-21(9-7-13)15(23)16(17,18)19/h10,12-13H,2-9H2,1H3,(H,20,22)/b11-10+. The molecule has 0 unspecified atom stereocenters. The first-order valence-corrected chi connectivity index (χ1v) is 8.12. The summed E-state index contributed by atoms with van der Waals surface area (Å²) in [6.07, 6.45) is 2.13. The van der Waals surface area contributed by atoms with Gasteiger partial charge < -0.3 is 10.2 Å². The van der Waals surface area contributed by atoms with Crippen molar-refractivity contribution in [1.29, 1.82) is 0 Å². The van der Waals surface area contributed by atoms with E-state index in [0.717, 1.165) is 23.3 Å². The van der Waals surface area contributed by atoms with Crippen molar-refractivity contribution in [2.45, 2.75) is 57.7 Å². The number of piperidine rings is 1. The van der Waals surface area contributed by atoms with Crippen LogP contribution in [0.5, 0.6) is 0 Å². The number of halogens is 3. The lowest BCUT2D eigenvalue weighted by Gasteiger charge is -2.32. The van der Waals surface area contributed by atoms with Crippen molar-refractivity contribution in [1.82, 2.24) is 10.2 Å². The van der Waals surface area contributed by atoms with Crippen LogP contribution >= 0.6 is 0 Å². The molecular weight excluding hydrogens is 309 g/mol. The number of nitrogens with one attached hydrogen (secondary N) is 1. The summed E-state index contributed by atoms with van der Waals surface area (Å²) in [5.41, 5.74) is 1.07. The third-order valence-corrected chi connectivity index (χ3v) is 4.73. The van der Waals surface area contributed by atoms with Gasteiger partial charge in [-0.2, -0.15) is 13.2 Å². The monoisotopic (exact) mass is 332 g/mol. The second kappa shape index (κ2) is 7.36. The summed E-state index contributed by atoms with van der Waals surface area (Å²) in [6, 6.07) is -0.174. The highest BCUT2D eigenvalue weighted by atomic mass is 19.4. The Bertz CT molecular complexity index is 474. The number of likely N-dealkylation sites (tertiary alicyclic amines) is 1. The van der Waals surface area contributed by atoms with Crippen LogP contribution in [0.4, 0.5) is 13.2 Å². The fourth-order valence-electron chi connectivity index (χ4n) is 3.35. The molecule has 0 atom stereocenters. The van der Waals surface area contributed by atoms with Gasteiger partial charge in [0, 0.05) is 25.2 Å². The molecule has 0 aromatic heterocycles. The van der Waals surface area contributed by atoms with E-state index in [9.17, 15) is 22.8 Å². The summed E-state index contributed by atoms with van der Waals surface area (Å²) in [5, 5.41) is 2.84. The molecule has 1 N–H and O–H groups in total. The van der Waals surface area contributed by atoms with E-state index in [-0.39, 0.29) is 25.0 Å². The highest BCUT2D eigenvalue weighted by molar-refractivity contribution is 5.88. The van der Waals surface area contributed by atoms with Gasteiger partial charge >= 0.3 is 12.1 Å². The smallest absolute Gasteiger partial charge is 0.350 e. The molecule has 0 spiro atoms. The number of rotatable bonds is 3. The average molecular weight is 332 g/mol. The molecule has 23 heavy (non-hydrogen) atoms. The summed E-state index contributed by atoms with van der Waals surface area (Å²) in [7, 11) is 0. The van der Waals surface area contributed by atoms with Crippen LogP contribution in [-0.4, -0.2) is 42.0 Å². The van der Waals surface area contributed by atoms with E-state index in [1.54, 1.807) is 6.08 Å². The Morgan fingerprint density at radius 3 is 2.17 bits per heavy atom. The summed E-state index contributed by atoms with van der Waals surface area (Å²) >= 11 is 0. The number of carbonyl (C=O) groups excluding carboxylic acids is 2. The second-order valence-corrected chi connectivity index (χ2v) is 6.44. The number of allylic oxidation sites excluding steroid dienone is 1. The number of nitrogens with zero attached hydrogens (tertiary/aromatic N) is 1. The van der Waals surface area contributed by atoms with Crippen LogP contribution < -0.4 is 5.32 Å². The number of hydrogen-bond donors (Lipinski definition) is 1. The predicted molar refractivity (Wildman–Crippen MR) is 79.5 cm³/mol. The van der Waals surface area contributed by atoms with E-state index in [4.69, 9.17) is 0 Å². The van der Waals surface area contributed by atoms with E-state index in [1.165, 1.54) is 12.8 Å². The van der Waals surface area contributed by atoms with E-state index < -0.39 is 12.1 Å². The molecular formula is C16H23F3N2O2. The minimum atomic E-state index is -4.82. The molecule has 1 aliphatic carbocycles. The topological polar surface area (TPSA) is 49.4 Å². The molecule has 2 amide bonds. The van der Waals surface area contributed by atoms with Gasteiger partial charge in [-0.1, -0.05) is 18.4 Å². The van der Waals surface area contributed by atoms with Crippen molar-refractivity contribution in [3.05, 3.63) is 11.6 Å². The van der Waals surface area contributed by atoms with Crippen molar-refractivity contribution in [2.75, 3.05) is 13.1 Å². The van der Waals surface area contributed by atoms with Gasteiger partial charge in [0.05, 0.1) is 0 Å². The first-order valence-electron chi connectivity index (χ1n) is 8.12. The van der Waals surface area contributed by atoms with E-state index in [0.29, 0.717) is 18.8 Å². The number of carbonyl (C=O) groups is 2. The minimum Gasteiger partial charge on any atom is -0.350 e. The Balaban J connectivity index is 1.78. The largest absolute Gasteiger partial charge is 0.471 e. The zero-order valence-electron chi connectivity index (χ0n) is 13.3. The van der Waals surface area contributed by atoms with Crippen molar-refractivity contribution < 1.29 is 22.8 Å². The lowest BCUT2D eigenvalue weighted by atomic mass is 9.98. The molecule has 2 rings (SSSR count). The zero-order chi connectivity index (χ0) is 17.0. The van der Waals surface area contributed by atoms with Crippen molar-refractivity contribution in [3.63, 3.8) is 0 Å². The second-order valence-electron chi connectivity index (χ2n) is 6.44. The van der Waals surface area contributed by atoms with E-state index in [1.807, 2.05) is 6.92 Å². The SMILES string of the molecule is C/C(=C\C(=O)NC1CCN(C(=O)C(F)(F)F)CC1)C1CCCC1. The number of hydrogen-bond acceptors (Lipinski definition) is 2. The first kappa shape index (κ1) is 17.8. The van der Waals surface area contributed by atoms with Crippen molar-refractivity contribution >= 4 is 11.8 Å². The summed E-state index contributed by atoms with van der Waals surface area (Å²) < 4.78 is 37.1. The predicted octanol–water partition coefficient (Wildman–Crippen LogP) is 2.79. The van der Waals surface area contributed by atoms with Gasteiger partial charge in [0.25, 0.3) is 0 Å². The van der Waals surface area contributed by atoms with Crippen LogP contribution in [0.2, 0.25) is 0 Å². The molecule has 0 bridgehead atoms. The van der Waals surface area contributed by atoms with Gasteiger partial charge in [0.1, 0.15) is 0 Å². The van der Waals surface area contributed by atoms with E-state index >= 15 is 0 Å². The highest BCUT2D eigenvalue weighted by Crippen LogP contribution is 2.30. The molecule has 4 nitrogen and oxygen atoms in total. The molecule has 1 saturated carbocycles. The van der Waals surface area contributed by atoms with Gasteiger partial charge in [-0.25, -0.2) is 0 Å². The van der Waals surface area contributed by atoms with Crippen LogP contribution in [-0.2, 0) is 9.59 Å². The van der Waals surface area contributed by atoms with Gasteiger partial charge in [-0.3, -0.25) is 9.59 Å². The third kappa shape index (κ3) is 4.97. The maximum Gasteiger partial charge on any atom is 0.471 e. The zero-order valence-corrected chi connectivity index (χ0v) is 13.3. The number of amides is 2. The lowest BCUT2D eigenvalue weighted by Crippen LogP contribution is -2.49. The lowest BCUT2D eigenvalue weighted by molar-refractivity contribution is -0.186. The van der Waals surface area contributed by atoms with Crippen molar-refractivity contribution in [2.24, 2.45) is 5.92 Å². The third-order valence-electron chi connectivity index (χ3n) is 4.73. The van der Waals surface area contributed by atoms with Crippen LogP contribution in [0.3, 0.4) is 0 Å². The molecule has 1 aliphatic heterocycles. The Hall–Kier alpha value is -1.53. The molecule has 2 aliphatic rings. The molecule has 1 saturated heterocycles. The van der Waals surface area contributed by atoms with Gasteiger partial charge in [0.15, 0.2) is 0 Å². The molecule has 0 aromatic rings. The quantitative estimate of drug-likeness (QED) is 0.808. The number of alkyl halides is 3. The van der Waals surface area contributed by atoms with E-state index in [2.05, 4.69) is 5.32 Å². The highest BCUT2D eigenvalue weighted by Gasteiger charge is 2.43. The van der Waals surface area contributed by atoms with Crippen LogP contribution in [0, 0.1) is 5.92 Å². The Morgan fingerprint density at radius 1 is 1.09 bits per heavy atom. The molecule has 0 radical (unpaired) electrons. The fraction of sp³-hybridized carbons (Fsp3) is 0.750. The van der Waals surface area contributed by atoms with Crippen LogP contribution in [0.1, 0.15) is 45.4 Å². The summed E-state index contributed by atoms with van der Waals surface area (Å²) in [6.45, 7) is 2.00. The maximum atomic E-state index is 12.4. The van der Waals surface area contributed by atoms with Crippen LogP contribution in [0.15, 0.2) is 11.6 Å². The fourth-order valence-corrected chi connectivity index (χ4v) is 3.35. The Morgan fingerprint density at radius 2 is 1.65 bits per heavy atom.